The molecule has 2 saturated carbocycles. The molecule has 2 aliphatic carbocycles. The Hall–Kier alpha value is -1.36. The van der Waals surface area contributed by atoms with Crippen molar-refractivity contribution >= 4 is 40.2 Å². The van der Waals surface area contributed by atoms with Crippen LogP contribution in [0.1, 0.15) is 57.8 Å². The highest BCUT2D eigenvalue weighted by Gasteiger charge is 2.34. The van der Waals surface area contributed by atoms with Crippen LogP contribution >= 0.6 is 23.1 Å². The minimum Gasteiger partial charge on any atom is -0.481 e. The summed E-state index contributed by atoms with van der Waals surface area (Å²) in [6, 6.07) is 0.400. The molecule has 8 nitrogen and oxygen atoms in total. The second-order valence-corrected chi connectivity index (χ2v) is 10.4. The zero-order valence-corrected chi connectivity index (χ0v) is 19.7. The summed E-state index contributed by atoms with van der Waals surface area (Å²) in [6.07, 6.45) is 11.3. The second-order valence-electron chi connectivity index (χ2n) is 8.09. The van der Waals surface area contributed by atoms with Crippen LogP contribution in [0.5, 0.6) is 0 Å². The molecule has 0 aromatic carbocycles. The van der Waals surface area contributed by atoms with E-state index in [1.54, 1.807) is 13.3 Å². The van der Waals surface area contributed by atoms with Crippen LogP contribution in [0.2, 0.25) is 0 Å². The molecule has 1 heterocycles. The molecule has 1 aromatic heterocycles. The standard InChI is InChI=1S/C21H33N3O5S2/c1-28-11-12-29-17-9-7-16(8-10-17)24(15-5-3-2-4-6-15)21(27)23-20-22-13-19(31-20)30-14-18(25)26/h13,15-17H,2-12,14H2,1H3,(H,25,26)(H,22,23,27). The Balaban J connectivity index is 1.59. The van der Waals surface area contributed by atoms with E-state index in [2.05, 4.69) is 15.2 Å². The number of urea groups is 1. The van der Waals surface area contributed by atoms with Gasteiger partial charge in [-0.05, 0) is 38.5 Å². The number of ether oxygens (including phenoxy) is 2. The van der Waals surface area contributed by atoms with E-state index in [-0.39, 0.29) is 30.0 Å². The predicted molar refractivity (Wildman–Crippen MR) is 122 cm³/mol. The van der Waals surface area contributed by atoms with Crippen LogP contribution in [0.25, 0.3) is 0 Å². The van der Waals surface area contributed by atoms with Gasteiger partial charge in [-0.3, -0.25) is 10.1 Å². The van der Waals surface area contributed by atoms with Crippen LogP contribution in [0.15, 0.2) is 10.4 Å². The zero-order valence-electron chi connectivity index (χ0n) is 18.1. The number of hydrogen-bond acceptors (Lipinski definition) is 7. The molecule has 2 amide bonds. The molecule has 0 aliphatic heterocycles. The zero-order chi connectivity index (χ0) is 22.1. The third kappa shape index (κ3) is 7.62. The highest BCUT2D eigenvalue weighted by Crippen LogP contribution is 2.33. The van der Waals surface area contributed by atoms with Crippen molar-refractivity contribution in [2.45, 2.75) is 80.2 Å². The summed E-state index contributed by atoms with van der Waals surface area (Å²) in [6.45, 7) is 1.22. The van der Waals surface area contributed by atoms with Gasteiger partial charge in [-0.15, -0.1) is 11.8 Å². The van der Waals surface area contributed by atoms with Crippen LogP contribution in [0, 0.1) is 0 Å². The lowest BCUT2D eigenvalue weighted by atomic mass is 9.88. The number of carbonyl (C=O) groups excluding carboxylic acids is 1. The Kier molecular flexibility index (Phi) is 9.89. The number of aliphatic carboxylic acids is 1. The summed E-state index contributed by atoms with van der Waals surface area (Å²) >= 11 is 2.54. The maximum atomic E-state index is 13.3. The number of methoxy groups -OCH3 is 1. The largest absolute Gasteiger partial charge is 0.481 e. The maximum absolute atomic E-state index is 13.3. The molecule has 1 aromatic rings. The number of nitrogens with one attached hydrogen (secondary N) is 1. The van der Waals surface area contributed by atoms with Gasteiger partial charge in [0.2, 0.25) is 0 Å². The Labute approximate surface area is 192 Å². The molecule has 0 atom stereocenters. The number of amides is 2. The molecule has 0 spiro atoms. The average molecular weight is 472 g/mol. The Morgan fingerprint density at radius 2 is 1.87 bits per heavy atom. The van der Waals surface area contributed by atoms with E-state index < -0.39 is 5.97 Å². The van der Waals surface area contributed by atoms with Gasteiger partial charge in [-0.1, -0.05) is 30.6 Å². The summed E-state index contributed by atoms with van der Waals surface area (Å²) < 4.78 is 11.8. The smallest absolute Gasteiger partial charge is 0.324 e. The van der Waals surface area contributed by atoms with E-state index in [4.69, 9.17) is 14.6 Å². The number of carbonyl (C=O) groups is 2. The summed E-state index contributed by atoms with van der Waals surface area (Å²) in [5, 5.41) is 12.3. The van der Waals surface area contributed by atoms with Gasteiger partial charge in [0.15, 0.2) is 5.13 Å². The van der Waals surface area contributed by atoms with Gasteiger partial charge < -0.3 is 19.5 Å². The quantitative estimate of drug-likeness (QED) is 0.384. The lowest BCUT2D eigenvalue weighted by molar-refractivity contribution is -0.133. The molecule has 0 unspecified atom stereocenters. The first kappa shape index (κ1) is 24.3. The van der Waals surface area contributed by atoms with E-state index in [0.29, 0.717) is 18.3 Å². The van der Waals surface area contributed by atoms with Crippen molar-refractivity contribution in [2.24, 2.45) is 0 Å². The summed E-state index contributed by atoms with van der Waals surface area (Å²) in [4.78, 5) is 30.4. The van der Waals surface area contributed by atoms with Crippen molar-refractivity contribution in [1.29, 1.82) is 0 Å². The van der Waals surface area contributed by atoms with Gasteiger partial charge in [0.05, 0.1) is 35.5 Å². The predicted octanol–water partition coefficient (Wildman–Crippen LogP) is 4.46. The van der Waals surface area contributed by atoms with Crippen molar-refractivity contribution in [1.82, 2.24) is 9.88 Å². The number of aromatic nitrogens is 1. The van der Waals surface area contributed by atoms with Gasteiger partial charge in [0.1, 0.15) is 0 Å². The first-order chi connectivity index (χ1) is 15.1. The Bertz CT molecular complexity index is 703. The number of nitrogens with zero attached hydrogens (tertiary/aromatic N) is 2. The molecule has 10 heteroatoms. The van der Waals surface area contributed by atoms with Gasteiger partial charge >= 0.3 is 12.0 Å². The Morgan fingerprint density at radius 1 is 1.16 bits per heavy atom. The molecule has 31 heavy (non-hydrogen) atoms. The minimum absolute atomic E-state index is 0.0144. The maximum Gasteiger partial charge on any atom is 0.324 e. The van der Waals surface area contributed by atoms with Gasteiger partial charge in [-0.2, -0.15) is 0 Å². The van der Waals surface area contributed by atoms with Crippen molar-refractivity contribution in [3.63, 3.8) is 0 Å². The lowest BCUT2D eigenvalue weighted by Crippen LogP contribution is -2.51. The number of anilines is 1. The van der Waals surface area contributed by atoms with Crippen LogP contribution in [0.4, 0.5) is 9.93 Å². The lowest BCUT2D eigenvalue weighted by Gasteiger charge is -2.42. The molecule has 2 fully saturated rings. The van der Waals surface area contributed by atoms with Gasteiger partial charge in [0.25, 0.3) is 0 Å². The van der Waals surface area contributed by atoms with E-state index in [9.17, 15) is 9.59 Å². The van der Waals surface area contributed by atoms with Crippen LogP contribution < -0.4 is 5.32 Å². The highest BCUT2D eigenvalue weighted by atomic mass is 32.2. The number of thioether (sulfide) groups is 1. The summed E-state index contributed by atoms with van der Waals surface area (Å²) in [7, 11) is 1.68. The number of rotatable bonds is 10. The first-order valence-electron chi connectivity index (χ1n) is 11.1. The highest BCUT2D eigenvalue weighted by molar-refractivity contribution is 8.01. The van der Waals surface area contributed by atoms with E-state index >= 15 is 0 Å². The van der Waals surface area contributed by atoms with Crippen LogP contribution in [-0.4, -0.2) is 71.3 Å². The molecule has 2 N–H and O–H groups in total. The van der Waals surface area contributed by atoms with E-state index in [1.807, 2.05) is 0 Å². The van der Waals surface area contributed by atoms with Gasteiger partial charge in [-0.25, -0.2) is 9.78 Å². The Morgan fingerprint density at radius 3 is 2.55 bits per heavy atom. The molecule has 174 valence electrons. The van der Waals surface area contributed by atoms with Crippen LogP contribution in [-0.2, 0) is 14.3 Å². The SMILES string of the molecule is COCCOC1CCC(N(C(=O)Nc2ncc(SCC(=O)O)s2)C2CCCCC2)CC1. The fourth-order valence-corrected chi connectivity index (χ4v) is 6.03. The molecule has 0 saturated heterocycles. The van der Waals surface area contributed by atoms with Crippen molar-refractivity contribution in [2.75, 3.05) is 31.4 Å². The van der Waals surface area contributed by atoms with Crippen molar-refractivity contribution in [3.05, 3.63) is 6.20 Å². The topological polar surface area (TPSA) is 101 Å². The van der Waals surface area contributed by atoms with Gasteiger partial charge in [0, 0.05) is 19.2 Å². The van der Waals surface area contributed by atoms with Crippen LogP contribution in [0.3, 0.4) is 0 Å². The van der Waals surface area contributed by atoms with E-state index in [0.717, 1.165) is 55.6 Å². The first-order valence-corrected chi connectivity index (χ1v) is 12.9. The molecular formula is C21H33N3O5S2. The molecular weight excluding hydrogens is 438 g/mol. The minimum atomic E-state index is -0.866. The third-order valence-electron chi connectivity index (χ3n) is 5.92. The molecule has 3 rings (SSSR count). The number of hydrogen-bond donors (Lipinski definition) is 2. The summed E-state index contributed by atoms with van der Waals surface area (Å²) in [5.41, 5.74) is 0. The fourth-order valence-electron chi connectivity index (χ4n) is 4.45. The molecule has 0 bridgehead atoms. The number of carboxylic acids is 1. The molecule has 2 aliphatic rings. The fraction of sp³-hybridized carbons (Fsp3) is 0.762. The molecule has 0 radical (unpaired) electrons. The monoisotopic (exact) mass is 471 g/mol. The third-order valence-corrected chi connectivity index (χ3v) is 8.01. The number of thiazole rings is 1. The average Bonchev–Trinajstić information content (AvgIpc) is 3.22. The summed E-state index contributed by atoms with van der Waals surface area (Å²) in [5.74, 6) is -0.881. The normalized spacial score (nSPS) is 22.2. The van der Waals surface area contributed by atoms with E-state index in [1.165, 1.54) is 29.5 Å². The number of carboxylic acid groups (broad SMARTS) is 1. The van der Waals surface area contributed by atoms with Crippen molar-refractivity contribution < 1.29 is 24.2 Å². The second kappa shape index (κ2) is 12.6. The van der Waals surface area contributed by atoms with Crippen molar-refractivity contribution in [3.8, 4) is 0 Å².